The second-order valence-electron chi connectivity index (χ2n) is 1.95. The average molecular weight is 177 g/mol. The van der Waals surface area contributed by atoms with Crippen molar-refractivity contribution in [1.29, 1.82) is 0 Å². The molecule has 1 aliphatic heterocycles. The van der Waals surface area contributed by atoms with Crippen molar-refractivity contribution in [1.82, 2.24) is 0 Å². The molecule has 1 heterocycles. The Bertz CT molecular complexity index is 248. The Morgan fingerprint density at radius 2 is 2.45 bits per heavy atom. The van der Waals surface area contributed by atoms with Crippen LogP contribution in [0, 0.1) is 10.1 Å². The van der Waals surface area contributed by atoms with Gasteiger partial charge in [0.1, 0.15) is 6.54 Å². The Morgan fingerprint density at radius 3 is 2.91 bits per heavy atom. The van der Waals surface area contributed by atoms with Gasteiger partial charge in [-0.1, -0.05) is 0 Å². The molecule has 0 fully saturated rings. The van der Waals surface area contributed by atoms with Gasteiger partial charge in [0, 0.05) is 4.92 Å². The molecular formula is C4H5ClN4O2. The van der Waals surface area contributed by atoms with E-state index in [9.17, 15) is 10.1 Å². The average Bonchev–Trinajstić information content (AvgIpc) is 1.85. The van der Waals surface area contributed by atoms with Gasteiger partial charge in [0.25, 0.3) is 6.04 Å². The molecule has 1 atom stereocenters. The van der Waals surface area contributed by atoms with Crippen LogP contribution >= 0.6 is 11.6 Å². The van der Waals surface area contributed by atoms with Crippen LogP contribution in [-0.2, 0) is 0 Å². The predicted octanol–water partition coefficient (Wildman–Crippen LogP) is -0.403. The first-order chi connectivity index (χ1) is 5.11. The summed E-state index contributed by atoms with van der Waals surface area (Å²) in [5.41, 5.74) is 5.21. The van der Waals surface area contributed by atoms with Crippen LogP contribution in [0.5, 0.6) is 0 Å². The summed E-state index contributed by atoms with van der Waals surface area (Å²) in [5.74, 6) is -0.0880. The van der Waals surface area contributed by atoms with E-state index < -0.39 is 11.0 Å². The highest BCUT2D eigenvalue weighted by Crippen LogP contribution is 2.02. The van der Waals surface area contributed by atoms with Crippen LogP contribution in [0.25, 0.3) is 0 Å². The molecule has 0 aliphatic carbocycles. The van der Waals surface area contributed by atoms with Crippen molar-refractivity contribution in [2.24, 2.45) is 15.7 Å². The fraction of sp³-hybridized carbons (Fsp3) is 0.500. The highest BCUT2D eigenvalue weighted by molar-refractivity contribution is 6.65. The Kier molecular flexibility index (Phi) is 2.04. The van der Waals surface area contributed by atoms with Crippen LogP contribution in [0.2, 0.25) is 0 Å². The maximum Gasteiger partial charge on any atom is 0.288 e. The zero-order valence-electron chi connectivity index (χ0n) is 5.40. The predicted molar refractivity (Wildman–Crippen MR) is 40.6 cm³/mol. The molecule has 0 saturated heterocycles. The van der Waals surface area contributed by atoms with Crippen molar-refractivity contribution in [2.75, 3.05) is 6.54 Å². The highest BCUT2D eigenvalue weighted by Gasteiger charge is 2.27. The normalized spacial score (nSPS) is 23.9. The van der Waals surface area contributed by atoms with Crippen molar-refractivity contribution in [3.63, 3.8) is 0 Å². The summed E-state index contributed by atoms with van der Waals surface area (Å²) in [6.07, 6.45) is 0. The molecule has 0 radical (unpaired) electrons. The molecule has 6 nitrogen and oxygen atoms in total. The quantitative estimate of drug-likeness (QED) is 0.335. The molecule has 1 aliphatic rings. The second kappa shape index (κ2) is 2.83. The lowest BCUT2D eigenvalue weighted by atomic mass is 10.3. The molecule has 60 valence electrons. The molecule has 1 rings (SSSR count). The smallest absolute Gasteiger partial charge is 0.288 e. The minimum atomic E-state index is -1.02. The second-order valence-corrected chi connectivity index (χ2v) is 2.29. The van der Waals surface area contributed by atoms with Crippen LogP contribution in [0.4, 0.5) is 0 Å². The van der Waals surface area contributed by atoms with E-state index in [1.54, 1.807) is 0 Å². The van der Waals surface area contributed by atoms with E-state index in [4.69, 9.17) is 17.3 Å². The van der Waals surface area contributed by atoms with Crippen molar-refractivity contribution < 1.29 is 4.92 Å². The number of hydrogen-bond donors (Lipinski definition) is 1. The van der Waals surface area contributed by atoms with Gasteiger partial charge in [0.15, 0.2) is 5.84 Å². The number of amidine groups is 2. The molecule has 0 aromatic rings. The van der Waals surface area contributed by atoms with Gasteiger partial charge in [-0.2, -0.15) is 4.99 Å². The molecule has 11 heavy (non-hydrogen) atoms. The molecule has 0 aromatic carbocycles. The van der Waals surface area contributed by atoms with Crippen LogP contribution < -0.4 is 5.73 Å². The van der Waals surface area contributed by atoms with Gasteiger partial charge in [-0.3, -0.25) is 10.1 Å². The number of nitrogens with zero attached hydrogens (tertiary/aromatic N) is 3. The maximum atomic E-state index is 10.2. The molecule has 0 aromatic heterocycles. The van der Waals surface area contributed by atoms with E-state index in [-0.39, 0.29) is 17.7 Å². The van der Waals surface area contributed by atoms with Crippen LogP contribution in [0.15, 0.2) is 9.98 Å². The van der Waals surface area contributed by atoms with Gasteiger partial charge >= 0.3 is 0 Å². The zero-order chi connectivity index (χ0) is 8.43. The summed E-state index contributed by atoms with van der Waals surface area (Å²) in [6, 6.07) is -1.02. The zero-order valence-corrected chi connectivity index (χ0v) is 6.15. The number of nitrogens with two attached hydrogens (primary N) is 1. The monoisotopic (exact) mass is 176 g/mol. The van der Waals surface area contributed by atoms with Gasteiger partial charge in [0.05, 0.1) is 0 Å². The van der Waals surface area contributed by atoms with E-state index in [2.05, 4.69) is 9.98 Å². The van der Waals surface area contributed by atoms with Gasteiger partial charge in [-0.25, -0.2) is 4.99 Å². The lowest BCUT2D eigenvalue weighted by molar-refractivity contribution is -0.500. The Hall–Kier alpha value is -1.17. The summed E-state index contributed by atoms with van der Waals surface area (Å²) in [6.45, 7) is -0.0266. The van der Waals surface area contributed by atoms with E-state index in [1.807, 2.05) is 0 Å². The third-order valence-electron chi connectivity index (χ3n) is 1.21. The Morgan fingerprint density at radius 1 is 1.82 bits per heavy atom. The van der Waals surface area contributed by atoms with Gasteiger partial charge in [0.2, 0.25) is 5.29 Å². The van der Waals surface area contributed by atoms with E-state index in [0.717, 1.165) is 0 Å². The molecule has 0 spiro atoms. The van der Waals surface area contributed by atoms with Gasteiger partial charge in [-0.05, 0) is 11.6 Å². The van der Waals surface area contributed by atoms with Crippen molar-refractivity contribution in [3.05, 3.63) is 10.1 Å². The third kappa shape index (κ3) is 1.64. The van der Waals surface area contributed by atoms with E-state index in [1.165, 1.54) is 0 Å². The topological polar surface area (TPSA) is 93.9 Å². The molecular weight excluding hydrogens is 172 g/mol. The lowest BCUT2D eigenvalue weighted by Gasteiger charge is -2.09. The maximum absolute atomic E-state index is 10.2. The minimum Gasteiger partial charge on any atom is -0.381 e. The number of nitro groups is 1. The first-order valence-corrected chi connectivity index (χ1v) is 3.16. The standard InChI is InChI=1S/C4H5ClN4O2/c5-4-7-1-2(9(10)11)3(6)8-4/h2H,1H2,(H2,6,7,8). The summed E-state index contributed by atoms with van der Waals surface area (Å²) in [5, 5.41) is 10.2. The number of halogens is 1. The van der Waals surface area contributed by atoms with Crippen LogP contribution in [-0.4, -0.2) is 28.6 Å². The Labute approximate surface area is 66.9 Å². The first kappa shape index (κ1) is 7.93. The molecule has 1 unspecified atom stereocenters. The molecule has 0 bridgehead atoms. The fourth-order valence-corrected chi connectivity index (χ4v) is 0.813. The first-order valence-electron chi connectivity index (χ1n) is 2.78. The summed E-state index contributed by atoms with van der Waals surface area (Å²) in [4.78, 5) is 16.7. The summed E-state index contributed by atoms with van der Waals surface area (Å²) >= 11 is 5.34. The molecule has 2 N–H and O–H groups in total. The highest BCUT2D eigenvalue weighted by atomic mass is 35.5. The van der Waals surface area contributed by atoms with Crippen molar-refractivity contribution >= 4 is 22.7 Å². The van der Waals surface area contributed by atoms with Gasteiger partial charge in [-0.15, -0.1) is 0 Å². The minimum absolute atomic E-state index is 0.0266. The molecule has 7 heteroatoms. The molecule has 0 saturated carbocycles. The number of aliphatic imine (C=N–C) groups is 2. The number of rotatable bonds is 1. The van der Waals surface area contributed by atoms with Crippen molar-refractivity contribution in [2.45, 2.75) is 6.04 Å². The van der Waals surface area contributed by atoms with E-state index in [0.29, 0.717) is 0 Å². The van der Waals surface area contributed by atoms with Crippen LogP contribution in [0.1, 0.15) is 0 Å². The SMILES string of the molecule is NC1=NC(Cl)=NCC1[N+](=O)[O-]. The fourth-order valence-electron chi connectivity index (χ4n) is 0.646. The lowest BCUT2D eigenvalue weighted by Crippen LogP contribution is -2.40. The number of hydrogen-bond acceptors (Lipinski definition) is 5. The summed E-state index contributed by atoms with van der Waals surface area (Å²) in [7, 11) is 0. The molecule has 0 amide bonds. The van der Waals surface area contributed by atoms with Crippen molar-refractivity contribution in [3.8, 4) is 0 Å². The third-order valence-corrected chi connectivity index (χ3v) is 1.42. The Balaban J connectivity index is 2.80. The van der Waals surface area contributed by atoms with Crippen LogP contribution in [0.3, 0.4) is 0 Å². The largest absolute Gasteiger partial charge is 0.381 e. The van der Waals surface area contributed by atoms with Gasteiger partial charge < -0.3 is 5.73 Å². The van der Waals surface area contributed by atoms with E-state index >= 15 is 0 Å². The summed E-state index contributed by atoms with van der Waals surface area (Å²) < 4.78 is 0.